The van der Waals surface area contributed by atoms with Gasteiger partial charge in [0.2, 0.25) is 17.6 Å². The molecule has 0 aliphatic rings. The summed E-state index contributed by atoms with van der Waals surface area (Å²) in [5.74, 6) is 0.886. The Morgan fingerprint density at radius 1 is 1.53 bits per heavy atom. The average molecular weight is 207 g/mol. The number of primary amides is 1. The smallest absolute Gasteiger partial charge is 0.238 e. The Kier molecular flexibility index (Phi) is 2.49. The Balaban J connectivity index is 2.08. The van der Waals surface area contributed by atoms with Gasteiger partial charge in [-0.2, -0.15) is 4.98 Å². The highest BCUT2D eigenvalue weighted by Crippen LogP contribution is 2.15. The third-order valence-corrected chi connectivity index (χ3v) is 1.79. The van der Waals surface area contributed by atoms with Crippen LogP contribution >= 0.6 is 0 Å². The summed E-state index contributed by atoms with van der Waals surface area (Å²) in [4.78, 5) is 14.6. The van der Waals surface area contributed by atoms with Gasteiger partial charge in [0.15, 0.2) is 5.76 Å². The van der Waals surface area contributed by atoms with Crippen molar-refractivity contribution in [3.8, 4) is 11.6 Å². The average Bonchev–Trinajstić information content (AvgIpc) is 2.85. The molecular weight excluding hydrogens is 198 g/mol. The van der Waals surface area contributed by atoms with E-state index in [9.17, 15) is 4.79 Å². The number of nitrogens with zero attached hydrogens (tertiary/aromatic N) is 2. The molecule has 0 fully saturated rings. The summed E-state index contributed by atoms with van der Waals surface area (Å²) < 4.78 is 9.99. The lowest BCUT2D eigenvalue weighted by Gasteiger charge is -1.88. The fraction of sp³-hybridized carbons (Fsp3) is 0.222. The number of rotatable bonds is 4. The van der Waals surface area contributed by atoms with Crippen molar-refractivity contribution >= 4 is 5.91 Å². The van der Waals surface area contributed by atoms with E-state index in [1.54, 1.807) is 12.1 Å². The third kappa shape index (κ3) is 2.22. The number of nitrogens with two attached hydrogens (primary N) is 1. The molecule has 6 nitrogen and oxygen atoms in total. The molecule has 0 atom stereocenters. The number of amides is 1. The Bertz CT molecular complexity index is 447. The summed E-state index contributed by atoms with van der Waals surface area (Å²) in [6.07, 6.45) is 2.07. The maximum absolute atomic E-state index is 10.5. The van der Waals surface area contributed by atoms with Gasteiger partial charge in [-0.05, 0) is 12.1 Å². The monoisotopic (exact) mass is 207 g/mol. The van der Waals surface area contributed by atoms with Crippen LogP contribution in [-0.2, 0) is 11.2 Å². The molecule has 2 rings (SSSR count). The third-order valence-electron chi connectivity index (χ3n) is 1.79. The van der Waals surface area contributed by atoms with Crippen molar-refractivity contribution in [1.82, 2.24) is 10.1 Å². The van der Waals surface area contributed by atoms with Gasteiger partial charge < -0.3 is 14.7 Å². The molecule has 6 heteroatoms. The lowest BCUT2D eigenvalue weighted by atomic mass is 10.3. The minimum atomic E-state index is -0.396. The van der Waals surface area contributed by atoms with Crippen LogP contribution in [0.2, 0.25) is 0 Å². The Morgan fingerprint density at radius 2 is 2.40 bits per heavy atom. The molecule has 0 bridgehead atoms. The molecule has 0 aromatic carbocycles. The highest BCUT2D eigenvalue weighted by molar-refractivity contribution is 5.73. The Labute approximate surface area is 85.1 Å². The van der Waals surface area contributed by atoms with E-state index in [1.165, 1.54) is 6.26 Å². The van der Waals surface area contributed by atoms with Crippen molar-refractivity contribution in [1.29, 1.82) is 0 Å². The van der Waals surface area contributed by atoms with Gasteiger partial charge in [-0.25, -0.2) is 0 Å². The lowest BCUT2D eigenvalue weighted by molar-refractivity contribution is -0.118. The first-order valence-corrected chi connectivity index (χ1v) is 4.40. The number of carbonyl (C=O) groups excluding carboxylic acids is 1. The Morgan fingerprint density at radius 3 is 3.07 bits per heavy atom. The van der Waals surface area contributed by atoms with E-state index in [2.05, 4.69) is 10.1 Å². The van der Waals surface area contributed by atoms with Gasteiger partial charge in [-0.1, -0.05) is 5.16 Å². The maximum atomic E-state index is 10.5. The van der Waals surface area contributed by atoms with Crippen LogP contribution in [0.1, 0.15) is 12.3 Å². The van der Waals surface area contributed by atoms with Gasteiger partial charge in [0.05, 0.1) is 6.26 Å². The Hall–Kier alpha value is -2.11. The van der Waals surface area contributed by atoms with Gasteiger partial charge >= 0.3 is 0 Å². The summed E-state index contributed by atoms with van der Waals surface area (Å²) in [7, 11) is 0. The summed E-state index contributed by atoms with van der Waals surface area (Å²) in [6, 6.07) is 3.46. The SMILES string of the molecule is NC(=O)CCc1nc(-c2ccco2)no1. The predicted octanol–water partition coefficient (Wildman–Crippen LogP) is 0.748. The van der Waals surface area contributed by atoms with E-state index in [0.717, 1.165) is 0 Å². The molecule has 1 amide bonds. The van der Waals surface area contributed by atoms with Crippen molar-refractivity contribution < 1.29 is 13.7 Å². The van der Waals surface area contributed by atoms with Crippen molar-refractivity contribution in [3.63, 3.8) is 0 Å². The van der Waals surface area contributed by atoms with Crippen molar-refractivity contribution in [2.75, 3.05) is 0 Å². The second-order valence-electron chi connectivity index (χ2n) is 2.96. The van der Waals surface area contributed by atoms with Crippen LogP contribution in [0, 0.1) is 0 Å². The molecule has 78 valence electrons. The molecule has 2 aromatic heterocycles. The van der Waals surface area contributed by atoms with E-state index < -0.39 is 5.91 Å². The van der Waals surface area contributed by atoms with Crippen LogP contribution in [0.15, 0.2) is 27.3 Å². The molecule has 2 aromatic rings. The van der Waals surface area contributed by atoms with E-state index >= 15 is 0 Å². The number of aromatic nitrogens is 2. The molecule has 2 N–H and O–H groups in total. The number of hydrogen-bond donors (Lipinski definition) is 1. The standard InChI is InChI=1S/C9H9N3O3/c10-7(13)3-4-8-11-9(12-15-8)6-2-1-5-14-6/h1-2,5H,3-4H2,(H2,10,13). The molecule has 0 aliphatic heterocycles. The molecule has 0 aliphatic carbocycles. The molecular formula is C9H9N3O3. The fourth-order valence-electron chi connectivity index (χ4n) is 1.09. The zero-order valence-electron chi connectivity index (χ0n) is 7.84. The topological polar surface area (TPSA) is 95.2 Å². The minimum absolute atomic E-state index is 0.194. The van der Waals surface area contributed by atoms with E-state index in [1.807, 2.05) is 0 Å². The van der Waals surface area contributed by atoms with Crippen LogP contribution in [-0.4, -0.2) is 16.0 Å². The van der Waals surface area contributed by atoms with Gasteiger partial charge in [0.25, 0.3) is 0 Å². The van der Waals surface area contributed by atoms with Crippen LogP contribution in [0.3, 0.4) is 0 Å². The van der Waals surface area contributed by atoms with E-state index in [-0.39, 0.29) is 6.42 Å². The van der Waals surface area contributed by atoms with Crippen LogP contribution in [0.25, 0.3) is 11.6 Å². The van der Waals surface area contributed by atoms with Gasteiger partial charge in [-0.3, -0.25) is 4.79 Å². The summed E-state index contributed by atoms with van der Waals surface area (Å²) in [5.41, 5.74) is 4.99. The first kappa shape index (κ1) is 9.45. The second kappa shape index (κ2) is 3.95. The van der Waals surface area contributed by atoms with E-state index in [4.69, 9.17) is 14.7 Å². The molecule has 0 unspecified atom stereocenters. The predicted molar refractivity (Wildman–Crippen MR) is 49.5 cm³/mol. The van der Waals surface area contributed by atoms with Crippen LogP contribution in [0.5, 0.6) is 0 Å². The zero-order chi connectivity index (χ0) is 10.7. The number of hydrogen-bond acceptors (Lipinski definition) is 5. The quantitative estimate of drug-likeness (QED) is 0.797. The zero-order valence-corrected chi connectivity index (χ0v) is 7.84. The first-order valence-electron chi connectivity index (χ1n) is 4.40. The maximum Gasteiger partial charge on any atom is 0.238 e. The summed E-state index contributed by atoms with van der Waals surface area (Å²) in [6.45, 7) is 0. The molecule has 15 heavy (non-hydrogen) atoms. The summed E-state index contributed by atoms with van der Waals surface area (Å²) >= 11 is 0. The van der Waals surface area contributed by atoms with Gasteiger partial charge in [0, 0.05) is 12.8 Å². The number of carbonyl (C=O) groups is 1. The van der Waals surface area contributed by atoms with Crippen molar-refractivity contribution in [3.05, 3.63) is 24.3 Å². The normalized spacial score (nSPS) is 10.4. The van der Waals surface area contributed by atoms with Crippen molar-refractivity contribution in [2.24, 2.45) is 5.73 Å². The number of furan rings is 1. The summed E-state index contributed by atoms with van der Waals surface area (Å²) in [5, 5.41) is 3.70. The molecule has 0 spiro atoms. The van der Waals surface area contributed by atoms with Crippen molar-refractivity contribution in [2.45, 2.75) is 12.8 Å². The van der Waals surface area contributed by atoms with Gasteiger partial charge in [0.1, 0.15) is 0 Å². The van der Waals surface area contributed by atoms with Gasteiger partial charge in [-0.15, -0.1) is 0 Å². The lowest BCUT2D eigenvalue weighted by Crippen LogP contribution is -2.11. The molecule has 0 saturated carbocycles. The second-order valence-corrected chi connectivity index (χ2v) is 2.96. The molecule has 0 radical (unpaired) electrons. The number of aryl methyl sites for hydroxylation is 1. The van der Waals surface area contributed by atoms with Crippen LogP contribution in [0.4, 0.5) is 0 Å². The largest absolute Gasteiger partial charge is 0.461 e. The molecule has 0 saturated heterocycles. The highest BCUT2D eigenvalue weighted by Gasteiger charge is 2.10. The highest BCUT2D eigenvalue weighted by atomic mass is 16.5. The first-order chi connectivity index (χ1) is 7.25. The van der Waals surface area contributed by atoms with Crippen LogP contribution < -0.4 is 5.73 Å². The van der Waals surface area contributed by atoms with E-state index in [0.29, 0.717) is 23.9 Å². The fourth-order valence-corrected chi connectivity index (χ4v) is 1.09. The molecule has 2 heterocycles. The minimum Gasteiger partial charge on any atom is -0.461 e.